The lowest BCUT2D eigenvalue weighted by Gasteiger charge is -2.36. The van der Waals surface area contributed by atoms with Crippen molar-refractivity contribution >= 4 is 40.5 Å². The van der Waals surface area contributed by atoms with Crippen LogP contribution in [0.5, 0.6) is 5.75 Å². The molecule has 1 N–H and O–H groups in total. The first-order valence-electron chi connectivity index (χ1n) is 10.4. The van der Waals surface area contributed by atoms with Crippen LogP contribution in [0.3, 0.4) is 0 Å². The summed E-state index contributed by atoms with van der Waals surface area (Å²) < 4.78 is 5.30. The summed E-state index contributed by atoms with van der Waals surface area (Å²) in [5, 5.41) is 14.2. The number of nitro groups is 1. The Balaban J connectivity index is 1.55. The number of piperazine rings is 1. The van der Waals surface area contributed by atoms with Crippen molar-refractivity contribution in [2.45, 2.75) is 19.8 Å². The maximum atomic E-state index is 12.2. The highest BCUT2D eigenvalue weighted by atomic mass is 35.5. The van der Waals surface area contributed by atoms with Gasteiger partial charge in [0.2, 0.25) is 5.91 Å². The van der Waals surface area contributed by atoms with Gasteiger partial charge in [0.1, 0.15) is 0 Å². The Kier molecular flexibility index (Phi) is 7.88. The molecule has 9 nitrogen and oxygen atoms in total. The Morgan fingerprint density at radius 3 is 2.53 bits per heavy atom. The van der Waals surface area contributed by atoms with Crippen LogP contribution in [-0.4, -0.2) is 54.4 Å². The van der Waals surface area contributed by atoms with Crippen molar-refractivity contribution in [1.82, 2.24) is 4.90 Å². The van der Waals surface area contributed by atoms with E-state index in [-0.39, 0.29) is 24.0 Å². The molecule has 1 fully saturated rings. The molecule has 10 heteroatoms. The number of rotatable bonds is 8. The van der Waals surface area contributed by atoms with Crippen molar-refractivity contribution < 1.29 is 19.2 Å². The fourth-order valence-electron chi connectivity index (χ4n) is 3.48. The van der Waals surface area contributed by atoms with E-state index in [2.05, 4.69) is 10.2 Å². The number of carbonyl (C=O) groups is 2. The van der Waals surface area contributed by atoms with Crippen LogP contribution < -0.4 is 15.0 Å². The molecule has 0 radical (unpaired) electrons. The highest BCUT2D eigenvalue weighted by Crippen LogP contribution is 2.30. The van der Waals surface area contributed by atoms with E-state index in [1.54, 1.807) is 18.2 Å². The zero-order valence-electron chi connectivity index (χ0n) is 17.8. The fraction of sp³-hybridized carbons (Fsp3) is 0.364. The number of halogens is 1. The van der Waals surface area contributed by atoms with Crippen LogP contribution in [0, 0.1) is 10.1 Å². The topological polar surface area (TPSA) is 105 Å². The van der Waals surface area contributed by atoms with Crippen LogP contribution in [0.25, 0.3) is 0 Å². The number of hydrogen-bond donors (Lipinski definition) is 1. The first-order valence-corrected chi connectivity index (χ1v) is 10.7. The van der Waals surface area contributed by atoms with E-state index < -0.39 is 10.8 Å². The Bertz CT molecular complexity index is 992. The molecule has 3 rings (SSSR count). The van der Waals surface area contributed by atoms with E-state index in [1.165, 1.54) is 18.2 Å². The number of para-hydroxylation sites is 2. The first-order chi connectivity index (χ1) is 15.4. The quantitative estimate of drug-likeness (QED) is 0.475. The van der Waals surface area contributed by atoms with Gasteiger partial charge in [-0.1, -0.05) is 30.7 Å². The third-order valence-corrected chi connectivity index (χ3v) is 5.39. The number of benzene rings is 2. The highest BCUT2D eigenvalue weighted by Gasteiger charge is 2.22. The normalized spacial score (nSPS) is 13.6. The summed E-state index contributed by atoms with van der Waals surface area (Å²) in [6.07, 6.45) is 1.40. The predicted octanol–water partition coefficient (Wildman–Crippen LogP) is 3.71. The van der Waals surface area contributed by atoms with E-state index in [0.717, 1.165) is 12.1 Å². The molecule has 1 aliphatic rings. The van der Waals surface area contributed by atoms with Gasteiger partial charge in [-0.05, 0) is 30.7 Å². The summed E-state index contributed by atoms with van der Waals surface area (Å²) in [5.41, 5.74) is 1.12. The number of carbonyl (C=O) groups excluding carboxylic acids is 2. The van der Waals surface area contributed by atoms with Gasteiger partial charge in [0.15, 0.2) is 12.4 Å². The van der Waals surface area contributed by atoms with E-state index in [9.17, 15) is 19.7 Å². The van der Waals surface area contributed by atoms with Gasteiger partial charge in [0.25, 0.3) is 5.91 Å². The number of nitrogens with zero attached hydrogens (tertiary/aromatic N) is 3. The molecule has 2 aromatic rings. The number of ether oxygens (including phenoxy) is 1. The number of amides is 2. The largest absolute Gasteiger partial charge is 0.477 e. The van der Waals surface area contributed by atoms with Crippen molar-refractivity contribution in [3.63, 3.8) is 0 Å². The Morgan fingerprint density at radius 2 is 1.88 bits per heavy atom. The Morgan fingerprint density at radius 1 is 1.16 bits per heavy atom. The molecule has 2 amide bonds. The van der Waals surface area contributed by atoms with Gasteiger partial charge in [0, 0.05) is 44.4 Å². The zero-order valence-corrected chi connectivity index (χ0v) is 18.5. The SMILES string of the molecule is CCCC(=O)N1CCN(c2ccc(NC(=O)COc3ccccc3[N+](=O)[O-])cc2Cl)CC1. The zero-order chi connectivity index (χ0) is 23.1. The molecule has 1 heterocycles. The summed E-state index contributed by atoms with van der Waals surface area (Å²) in [4.78, 5) is 38.7. The molecular weight excluding hydrogens is 436 g/mol. The lowest BCUT2D eigenvalue weighted by molar-refractivity contribution is -0.385. The van der Waals surface area contributed by atoms with Gasteiger partial charge in [0.05, 0.1) is 15.6 Å². The molecule has 0 bridgehead atoms. The second-order valence-electron chi connectivity index (χ2n) is 7.35. The van der Waals surface area contributed by atoms with Gasteiger partial charge in [-0.3, -0.25) is 19.7 Å². The minimum absolute atomic E-state index is 0.0255. The van der Waals surface area contributed by atoms with E-state index in [0.29, 0.717) is 43.3 Å². The molecular formula is C22H25ClN4O5. The molecule has 1 aliphatic heterocycles. The van der Waals surface area contributed by atoms with Gasteiger partial charge < -0.3 is 19.9 Å². The molecule has 32 heavy (non-hydrogen) atoms. The van der Waals surface area contributed by atoms with Crippen molar-refractivity contribution in [1.29, 1.82) is 0 Å². The molecule has 0 aromatic heterocycles. The average molecular weight is 461 g/mol. The molecule has 0 saturated carbocycles. The van der Waals surface area contributed by atoms with Gasteiger partial charge >= 0.3 is 5.69 Å². The molecule has 1 saturated heterocycles. The van der Waals surface area contributed by atoms with E-state index >= 15 is 0 Å². The van der Waals surface area contributed by atoms with Gasteiger partial charge in [-0.2, -0.15) is 0 Å². The van der Waals surface area contributed by atoms with Crippen LogP contribution in [0.15, 0.2) is 42.5 Å². The molecule has 0 unspecified atom stereocenters. The van der Waals surface area contributed by atoms with Crippen molar-refractivity contribution in [3.8, 4) is 5.75 Å². The van der Waals surface area contributed by atoms with E-state index in [4.69, 9.17) is 16.3 Å². The smallest absolute Gasteiger partial charge is 0.310 e. The predicted molar refractivity (Wildman–Crippen MR) is 122 cm³/mol. The minimum atomic E-state index is -0.564. The lowest BCUT2D eigenvalue weighted by Crippen LogP contribution is -2.48. The maximum absolute atomic E-state index is 12.2. The number of nitro benzene ring substituents is 1. The summed E-state index contributed by atoms with van der Waals surface area (Å²) in [7, 11) is 0. The fourth-order valence-corrected chi connectivity index (χ4v) is 3.78. The van der Waals surface area contributed by atoms with Crippen LogP contribution in [0.1, 0.15) is 19.8 Å². The van der Waals surface area contributed by atoms with Gasteiger partial charge in [-0.15, -0.1) is 0 Å². The molecule has 170 valence electrons. The third kappa shape index (κ3) is 5.88. The lowest BCUT2D eigenvalue weighted by atomic mass is 10.2. The second kappa shape index (κ2) is 10.8. The standard InChI is InChI=1S/C22H25ClN4O5/c1-2-5-22(29)26-12-10-25(11-13-26)18-9-8-16(14-17(18)23)24-21(28)15-32-20-7-4-3-6-19(20)27(30)31/h3-4,6-9,14H,2,5,10-13,15H2,1H3,(H,24,28). The number of nitrogens with one attached hydrogen (secondary N) is 1. The van der Waals surface area contributed by atoms with Crippen LogP contribution >= 0.6 is 11.6 Å². The third-order valence-electron chi connectivity index (χ3n) is 5.09. The Hall–Kier alpha value is -3.33. The maximum Gasteiger partial charge on any atom is 0.310 e. The molecule has 0 atom stereocenters. The average Bonchev–Trinajstić information content (AvgIpc) is 2.78. The highest BCUT2D eigenvalue weighted by molar-refractivity contribution is 6.33. The minimum Gasteiger partial charge on any atom is -0.477 e. The van der Waals surface area contributed by atoms with Crippen LogP contribution in [0.2, 0.25) is 5.02 Å². The monoisotopic (exact) mass is 460 g/mol. The van der Waals surface area contributed by atoms with Crippen molar-refractivity contribution in [2.75, 3.05) is 43.0 Å². The van der Waals surface area contributed by atoms with Gasteiger partial charge in [-0.25, -0.2) is 0 Å². The van der Waals surface area contributed by atoms with Crippen LogP contribution in [0.4, 0.5) is 17.1 Å². The van der Waals surface area contributed by atoms with E-state index in [1.807, 2.05) is 17.9 Å². The summed E-state index contributed by atoms with van der Waals surface area (Å²) in [5.74, 6) is -0.257. The molecule has 0 spiro atoms. The second-order valence-corrected chi connectivity index (χ2v) is 7.75. The Labute approximate surface area is 191 Å². The number of hydrogen-bond acceptors (Lipinski definition) is 6. The summed E-state index contributed by atoms with van der Waals surface area (Å²) in [6.45, 7) is 4.28. The number of anilines is 2. The van der Waals surface area contributed by atoms with Crippen molar-refractivity contribution in [2.24, 2.45) is 0 Å². The van der Waals surface area contributed by atoms with Crippen molar-refractivity contribution in [3.05, 3.63) is 57.6 Å². The molecule has 2 aromatic carbocycles. The summed E-state index contributed by atoms with van der Waals surface area (Å²) in [6, 6.07) is 11.1. The molecule has 0 aliphatic carbocycles. The summed E-state index contributed by atoms with van der Waals surface area (Å²) >= 11 is 6.44. The first kappa shape index (κ1) is 23.3. The van der Waals surface area contributed by atoms with Crippen LogP contribution in [-0.2, 0) is 9.59 Å².